The zero-order chi connectivity index (χ0) is 28.4. The van der Waals surface area contributed by atoms with Crippen molar-refractivity contribution in [3.8, 4) is 22.8 Å². The minimum absolute atomic E-state index is 0.103. The lowest BCUT2D eigenvalue weighted by Crippen LogP contribution is -2.53. The van der Waals surface area contributed by atoms with Gasteiger partial charge in [-0.15, -0.1) is 6.58 Å². The van der Waals surface area contributed by atoms with Crippen LogP contribution < -0.4 is 14.8 Å². The number of benzene rings is 2. The van der Waals surface area contributed by atoms with Gasteiger partial charge in [-0.05, 0) is 25.5 Å². The highest BCUT2D eigenvalue weighted by Gasteiger charge is 2.62. The number of fused-ring (bicyclic) bond motifs is 1. The molecule has 40 heavy (non-hydrogen) atoms. The number of aromatic nitrogens is 1. The third kappa shape index (κ3) is 5.13. The zero-order valence-corrected chi connectivity index (χ0v) is 22.5. The fourth-order valence-corrected chi connectivity index (χ4v) is 5.28. The van der Waals surface area contributed by atoms with E-state index in [1.165, 1.54) is 4.90 Å². The van der Waals surface area contributed by atoms with Gasteiger partial charge in [0.1, 0.15) is 29.2 Å². The Morgan fingerprint density at radius 2 is 1.98 bits per heavy atom. The highest BCUT2D eigenvalue weighted by molar-refractivity contribution is 6.57. The van der Waals surface area contributed by atoms with Crippen molar-refractivity contribution in [3.63, 3.8) is 0 Å². The van der Waals surface area contributed by atoms with Crippen molar-refractivity contribution in [2.24, 2.45) is 5.92 Å². The molecule has 1 aromatic heterocycles. The third-order valence-corrected chi connectivity index (χ3v) is 7.48. The molecule has 10 heteroatoms. The van der Waals surface area contributed by atoms with E-state index in [0.717, 1.165) is 10.9 Å². The molecule has 0 bridgehead atoms. The average molecular weight is 539 g/mol. The summed E-state index contributed by atoms with van der Waals surface area (Å²) >= 11 is 0. The van der Waals surface area contributed by atoms with Gasteiger partial charge in [-0.2, -0.15) is 0 Å². The van der Waals surface area contributed by atoms with Gasteiger partial charge in [0.05, 0.1) is 31.5 Å². The van der Waals surface area contributed by atoms with Crippen LogP contribution in [0.3, 0.4) is 0 Å². The number of rotatable bonds is 9. The van der Waals surface area contributed by atoms with Crippen LogP contribution in [0.25, 0.3) is 22.2 Å². The van der Waals surface area contributed by atoms with Crippen molar-refractivity contribution >= 4 is 36.4 Å². The summed E-state index contributed by atoms with van der Waals surface area (Å²) in [5, 5.41) is 3.58. The molecule has 1 aliphatic carbocycles. The Hall–Kier alpha value is -4.34. The minimum Gasteiger partial charge on any atom is -0.497 e. The molecule has 0 spiro atoms. The van der Waals surface area contributed by atoms with Crippen molar-refractivity contribution in [3.05, 3.63) is 67.3 Å². The first kappa shape index (κ1) is 27.2. The highest BCUT2D eigenvalue weighted by atomic mass is 16.5. The third-order valence-electron chi connectivity index (χ3n) is 7.48. The zero-order valence-electron chi connectivity index (χ0n) is 22.5. The number of ether oxygens (including phenoxy) is 3. The van der Waals surface area contributed by atoms with E-state index in [1.807, 2.05) is 54.6 Å². The number of hydrogen-bond acceptors (Lipinski definition) is 7. The molecule has 2 amide bonds. The van der Waals surface area contributed by atoms with Gasteiger partial charge in [0.15, 0.2) is 5.81 Å². The van der Waals surface area contributed by atoms with Crippen molar-refractivity contribution in [2.45, 2.75) is 37.5 Å². The summed E-state index contributed by atoms with van der Waals surface area (Å²) in [4.78, 5) is 44.5. The lowest BCUT2D eigenvalue weighted by Gasteiger charge is -2.25. The topological polar surface area (TPSA) is 107 Å². The van der Waals surface area contributed by atoms with Gasteiger partial charge in [-0.3, -0.25) is 9.59 Å². The number of hydrogen-bond donors (Lipinski definition) is 1. The minimum atomic E-state index is -1.18. The largest absolute Gasteiger partial charge is 0.497 e. The second kappa shape index (κ2) is 11.0. The number of methoxy groups -OCH3 is 1. The van der Waals surface area contributed by atoms with Crippen LogP contribution in [-0.2, 0) is 14.3 Å². The Morgan fingerprint density at radius 3 is 2.62 bits per heavy atom. The lowest BCUT2D eigenvalue weighted by molar-refractivity contribution is -0.149. The Labute approximate surface area is 233 Å². The van der Waals surface area contributed by atoms with E-state index in [-0.39, 0.29) is 25.5 Å². The molecule has 3 aromatic rings. The molecule has 5 rings (SSSR count). The summed E-state index contributed by atoms with van der Waals surface area (Å²) in [6.45, 7) is 5.75. The van der Waals surface area contributed by atoms with Crippen molar-refractivity contribution in [1.29, 1.82) is 0 Å². The van der Waals surface area contributed by atoms with Crippen molar-refractivity contribution in [1.82, 2.24) is 15.2 Å². The molecule has 204 valence electrons. The number of amides is 2. The fourth-order valence-electron chi connectivity index (χ4n) is 5.28. The summed E-state index contributed by atoms with van der Waals surface area (Å²) in [5.74, 6) is -0.793. The van der Waals surface area contributed by atoms with Gasteiger partial charge in [0.2, 0.25) is 13.8 Å². The molecule has 2 heterocycles. The Bertz CT molecular complexity index is 1460. The molecular formula is C30H30BN3O6. The second-order valence-electron chi connectivity index (χ2n) is 9.96. The summed E-state index contributed by atoms with van der Waals surface area (Å²) in [6, 6.07) is 16.1. The maximum absolute atomic E-state index is 13.4. The van der Waals surface area contributed by atoms with E-state index < -0.39 is 35.4 Å². The maximum Gasteiger partial charge on any atom is 0.332 e. The predicted molar refractivity (Wildman–Crippen MR) is 150 cm³/mol. The molecule has 1 N–H and O–H groups in total. The molecule has 1 aliphatic heterocycles. The molecular weight excluding hydrogens is 509 g/mol. The average Bonchev–Trinajstić information content (AvgIpc) is 3.51. The molecule has 2 fully saturated rings. The molecule has 1 saturated heterocycles. The quantitative estimate of drug-likeness (QED) is 0.251. The number of carbonyl (C=O) groups is 3. The van der Waals surface area contributed by atoms with E-state index in [2.05, 4.69) is 11.9 Å². The first-order valence-electron chi connectivity index (χ1n) is 13.2. The van der Waals surface area contributed by atoms with Crippen molar-refractivity contribution in [2.75, 3.05) is 20.3 Å². The summed E-state index contributed by atoms with van der Waals surface area (Å²) in [7, 11) is 7.25. The molecule has 2 aliphatic rings. The molecule has 1 saturated carbocycles. The Morgan fingerprint density at radius 1 is 1.20 bits per heavy atom. The molecule has 9 nitrogen and oxygen atoms in total. The number of nitrogens with zero attached hydrogens (tertiary/aromatic N) is 2. The van der Waals surface area contributed by atoms with Crippen LogP contribution in [0.5, 0.6) is 11.5 Å². The summed E-state index contributed by atoms with van der Waals surface area (Å²) in [6.07, 6.45) is 1.66. The number of pyridine rings is 1. The fraction of sp³-hybridized carbons (Fsp3) is 0.333. The standard InChI is InChI=1S/C30H30BN3O6/c1-4-19-16-30(19,28(36)39-5-2)33-27(35)25-14-21(17-34(25)29(31)37)40-26-15-23(18-9-7-6-8-10-18)32-24-13-20(38-3)11-12-22(24)26/h4,6-13,15,19,21,25H,1,5,14,16-17H2,2-3H3,(H,33,35)/t19?,21-,25-,30+/m1/s1. The molecule has 2 aromatic carbocycles. The maximum atomic E-state index is 13.4. The summed E-state index contributed by atoms with van der Waals surface area (Å²) < 4.78 is 17.0. The number of esters is 1. The number of nitrogens with one attached hydrogen (secondary N) is 1. The first-order chi connectivity index (χ1) is 19.3. The monoisotopic (exact) mass is 539 g/mol. The van der Waals surface area contributed by atoms with E-state index >= 15 is 0 Å². The Kier molecular flexibility index (Phi) is 7.52. The van der Waals surface area contributed by atoms with Crippen molar-refractivity contribution < 1.29 is 28.6 Å². The van der Waals surface area contributed by atoms with E-state index in [4.69, 9.17) is 27.0 Å². The lowest BCUT2D eigenvalue weighted by atomic mass is 10.1. The van der Waals surface area contributed by atoms with Gasteiger partial charge in [0, 0.05) is 35.4 Å². The van der Waals surface area contributed by atoms with Crippen LogP contribution in [0.4, 0.5) is 4.79 Å². The second-order valence-corrected chi connectivity index (χ2v) is 9.96. The van der Waals surface area contributed by atoms with Gasteiger partial charge >= 0.3 is 5.97 Å². The van der Waals surface area contributed by atoms with Crippen LogP contribution in [-0.4, -0.2) is 73.4 Å². The van der Waals surface area contributed by atoms with Gasteiger partial charge in [-0.1, -0.05) is 36.4 Å². The predicted octanol–water partition coefficient (Wildman–Crippen LogP) is 3.64. The van der Waals surface area contributed by atoms with E-state index in [9.17, 15) is 14.4 Å². The van der Waals surface area contributed by atoms with Gasteiger partial charge in [0.25, 0.3) is 0 Å². The molecule has 2 radical (unpaired) electrons. The first-order valence-corrected chi connectivity index (χ1v) is 13.2. The van der Waals surface area contributed by atoms with Gasteiger partial charge in [-0.25, -0.2) is 9.78 Å². The van der Waals surface area contributed by atoms with E-state index in [1.54, 1.807) is 20.1 Å². The smallest absolute Gasteiger partial charge is 0.332 e. The van der Waals surface area contributed by atoms with Crippen LogP contribution >= 0.6 is 0 Å². The molecule has 1 unspecified atom stereocenters. The van der Waals surface area contributed by atoms with Crippen LogP contribution in [0, 0.1) is 5.92 Å². The van der Waals surface area contributed by atoms with Crippen LogP contribution in [0.1, 0.15) is 19.8 Å². The van der Waals surface area contributed by atoms with E-state index in [0.29, 0.717) is 29.1 Å². The Balaban J connectivity index is 1.42. The van der Waals surface area contributed by atoms with Crippen LogP contribution in [0.2, 0.25) is 0 Å². The number of likely N-dealkylation sites (tertiary alicyclic amines) is 1. The SMILES string of the molecule is [B]C(=O)N1C[C@H](Oc2cc(-c3ccccc3)nc3cc(OC)ccc23)C[C@@H]1C(=O)N[C@@]1(C(=O)OCC)CC1C=C. The van der Waals surface area contributed by atoms with Crippen LogP contribution in [0.15, 0.2) is 67.3 Å². The van der Waals surface area contributed by atoms with Gasteiger partial charge < -0.3 is 24.4 Å². The highest BCUT2D eigenvalue weighted by Crippen LogP contribution is 2.45. The molecule has 4 atom stereocenters. The number of carbonyl (C=O) groups excluding carboxylic acids is 3. The normalized spacial score (nSPS) is 23.4. The summed E-state index contributed by atoms with van der Waals surface area (Å²) in [5.41, 5.74) is 1.11.